The fraction of sp³-hybridized carbons (Fsp3) is 0.389. The lowest BCUT2D eigenvalue weighted by Crippen LogP contribution is -2.40. The number of rotatable bonds is 9. The molecule has 1 unspecified atom stereocenters. The van der Waals surface area contributed by atoms with Gasteiger partial charge in [-0.2, -0.15) is 0 Å². The number of nitrogens with zero attached hydrogens (tertiary/aromatic N) is 3. The van der Waals surface area contributed by atoms with Gasteiger partial charge in [0.2, 0.25) is 5.91 Å². The SMILES string of the molecule is C=CC(=O)N1CCC(N(CC)c2cc(-c3ccc(C(=O)N4CCOCC4)cc3)cc(C(=O)NCc3c(C)cc(C)[nH]c3=O)c2C)C1. The third-order valence-corrected chi connectivity index (χ3v) is 9.05. The van der Waals surface area contributed by atoms with Gasteiger partial charge < -0.3 is 29.7 Å². The number of H-pyrrole nitrogens is 1. The summed E-state index contributed by atoms with van der Waals surface area (Å²) in [4.78, 5) is 60.6. The van der Waals surface area contributed by atoms with Crippen LogP contribution in [0.4, 0.5) is 5.69 Å². The van der Waals surface area contributed by atoms with E-state index in [-0.39, 0.29) is 35.9 Å². The molecule has 2 fully saturated rings. The Morgan fingerprint density at radius 2 is 1.74 bits per heavy atom. The van der Waals surface area contributed by atoms with Gasteiger partial charge in [0.1, 0.15) is 0 Å². The molecule has 2 N–H and O–H groups in total. The number of likely N-dealkylation sites (tertiary alicyclic amines) is 1. The van der Waals surface area contributed by atoms with Gasteiger partial charge >= 0.3 is 0 Å². The maximum atomic E-state index is 13.8. The zero-order chi connectivity index (χ0) is 33.0. The molecule has 3 heterocycles. The van der Waals surface area contributed by atoms with Crippen molar-refractivity contribution < 1.29 is 19.1 Å². The van der Waals surface area contributed by atoms with Crippen molar-refractivity contribution in [1.82, 2.24) is 20.1 Å². The second-order valence-corrected chi connectivity index (χ2v) is 12.0. The Balaban J connectivity index is 1.49. The lowest BCUT2D eigenvalue weighted by atomic mass is 9.95. The van der Waals surface area contributed by atoms with E-state index < -0.39 is 0 Å². The maximum absolute atomic E-state index is 13.8. The largest absolute Gasteiger partial charge is 0.378 e. The maximum Gasteiger partial charge on any atom is 0.254 e. The van der Waals surface area contributed by atoms with E-state index in [4.69, 9.17) is 4.74 Å². The third-order valence-electron chi connectivity index (χ3n) is 9.05. The predicted octanol–water partition coefficient (Wildman–Crippen LogP) is 3.98. The van der Waals surface area contributed by atoms with E-state index in [1.54, 1.807) is 9.80 Å². The second-order valence-electron chi connectivity index (χ2n) is 12.0. The number of carbonyl (C=O) groups is 3. The zero-order valence-corrected chi connectivity index (χ0v) is 27.2. The Bertz CT molecular complexity index is 1690. The first-order chi connectivity index (χ1) is 22.1. The number of ether oxygens (including phenoxy) is 1. The highest BCUT2D eigenvalue weighted by Gasteiger charge is 2.31. The van der Waals surface area contributed by atoms with Crippen molar-refractivity contribution in [1.29, 1.82) is 0 Å². The molecule has 2 saturated heterocycles. The molecule has 0 saturated carbocycles. The zero-order valence-electron chi connectivity index (χ0n) is 27.2. The van der Waals surface area contributed by atoms with Gasteiger partial charge in [-0.15, -0.1) is 0 Å². The Morgan fingerprint density at radius 1 is 1.02 bits per heavy atom. The van der Waals surface area contributed by atoms with Crippen molar-refractivity contribution in [2.45, 2.75) is 46.7 Å². The average Bonchev–Trinajstić information content (AvgIpc) is 3.55. The molecule has 0 aliphatic carbocycles. The number of amides is 3. The summed E-state index contributed by atoms with van der Waals surface area (Å²) in [5, 5.41) is 2.98. The number of likely N-dealkylation sites (N-methyl/N-ethyl adjacent to an activating group) is 1. The second kappa shape index (κ2) is 14.2. The molecule has 2 aromatic carbocycles. The summed E-state index contributed by atoms with van der Waals surface area (Å²) in [5.74, 6) is -0.403. The van der Waals surface area contributed by atoms with Crippen LogP contribution in [0, 0.1) is 20.8 Å². The Morgan fingerprint density at radius 3 is 2.39 bits per heavy atom. The molecule has 2 aliphatic heterocycles. The van der Waals surface area contributed by atoms with Gasteiger partial charge in [0.25, 0.3) is 17.4 Å². The molecule has 10 heteroatoms. The summed E-state index contributed by atoms with van der Waals surface area (Å²) in [5.41, 5.74) is 6.39. The number of nitrogens with one attached hydrogen (secondary N) is 2. The van der Waals surface area contributed by atoms with Crippen LogP contribution in [0.25, 0.3) is 11.1 Å². The number of anilines is 1. The molecule has 242 valence electrons. The van der Waals surface area contributed by atoms with Crippen LogP contribution in [0.3, 0.4) is 0 Å². The summed E-state index contributed by atoms with van der Waals surface area (Å²) in [6.07, 6.45) is 2.15. The van der Waals surface area contributed by atoms with Crippen LogP contribution in [0.2, 0.25) is 0 Å². The van der Waals surface area contributed by atoms with Crippen LogP contribution >= 0.6 is 0 Å². The lowest BCUT2D eigenvalue weighted by molar-refractivity contribution is -0.125. The fourth-order valence-corrected chi connectivity index (χ4v) is 6.47. The highest BCUT2D eigenvalue weighted by atomic mass is 16.5. The molecular formula is C36H43N5O5. The number of aromatic nitrogens is 1. The summed E-state index contributed by atoms with van der Waals surface area (Å²) in [6.45, 7) is 15.5. The average molecular weight is 626 g/mol. The standard InChI is InChI=1S/C36H43N5O5/c1-6-33(42)40-13-12-29(22-40)41(7-2)32-20-28(26-8-10-27(11-9-26)36(45)39-14-16-46-17-15-39)19-30(25(32)5)34(43)37-21-31-23(3)18-24(4)38-35(31)44/h6,8-11,18-20,29H,1,7,12-17,21-22H2,2-5H3,(H,37,43)(H,38,44). The first kappa shape index (κ1) is 32.7. The number of carbonyl (C=O) groups excluding carboxylic acids is 3. The molecule has 3 amide bonds. The third kappa shape index (κ3) is 6.92. The van der Waals surface area contributed by atoms with Crippen molar-refractivity contribution in [2.75, 3.05) is 50.8 Å². The molecule has 0 radical (unpaired) electrons. The van der Waals surface area contributed by atoms with E-state index in [1.807, 2.05) is 57.2 Å². The quantitative estimate of drug-likeness (QED) is 0.348. The number of pyridine rings is 1. The van der Waals surface area contributed by atoms with E-state index in [1.165, 1.54) is 6.08 Å². The Labute approximate surface area is 270 Å². The van der Waals surface area contributed by atoms with Crippen LogP contribution < -0.4 is 15.8 Å². The minimum atomic E-state index is -0.287. The number of aromatic amines is 1. The monoisotopic (exact) mass is 625 g/mol. The fourth-order valence-electron chi connectivity index (χ4n) is 6.47. The molecule has 46 heavy (non-hydrogen) atoms. The smallest absolute Gasteiger partial charge is 0.254 e. The van der Waals surface area contributed by atoms with E-state index >= 15 is 0 Å². The molecule has 0 spiro atoms. The number of benzene rings is 2. The molecule has 1 aromatic heterocycles. The van der Waals surface area contributed by atoms with Crippen molar-refractivity contribution in [3.63, 3.8) is 0 Å². The van der Waals surface area contributed by atoms with Crippen LogP contribution in [0.1, 0.15) is 56.4 Å². The topological polar surface area (TPSA) is 115 Å². The van der Waals surface area contributed by atoms with E-state index in [0.717, 1.165) is 40.1 Å². The van der Waals surface area contributed by atoms with E-state index in [9.17, 15) is 19.2 Å². The van der Waals surface area contributed by atoms with Crippen molar-refractivity contribution in [3.8, 4) is 11.1 Å². The van der Waals surface area contributed by atoms with Gasteiger partial charge in [-0.05, 0) is 92.8 Å². The first-order valence-corrected chi connectivity index (χ1v) is 15.9. The summed E-state index contributed by atoms with van der Waals surface area (Å²) < 4.78 is 5.39. The van der Waals surface area contributed by atoms with Crippen molar-refractivity contribution in [2.24, 2.45) is 0 Å². The Kier molecular flexibility index (Phi) is 10.1. The molecule has 10 nitrogen and oxygen atoms in total. The molecule has 1 atom stereocenters. The predicted molar refractivity (Wildman–Crippen MR) is 179 cm³/mol. The highest BCUT2D eigenvalue weighted by molar-refractivity contribution is 5.99. The normalized spacial score (nSPS) is 16.3. The van der Waals surface area contributed by atoms with Crippen molar-refractivity contribution >= 4 is 23.4 Å². The molecular weight excluding hydrogens is 582 g/mol. The minimum absolute atomic E-state index is 0.0297. The molecule has 3 aromatic rings. The van der Waals surface area contributed by atoms with Crippen LogP contribution in [-0.2, 0) is 16.1 Å². The minimum Gasteiger partial charge on any atom is -0.378 e. The summed E-state index contributed by atoms with van der Waals surface area (Å²) >= 11 is 0. The van der Waals surface area contributed by atoms with Gasteiger partial charge in [0, 0.05) is 73.4 Å². The van der Waals surface area contributed by atoms with Crippen LogP contribution in [-0.4, -0.2) is 84.5 Å². The number of morpholine rings is 1. The number of hydrogen-bond donors (Lipinski definition) is 2. The van der Waals surface area contributed by atoms with E-state index in [0.29, 0.717) is 62.6 Å². The van der Waals surface area contributed by atoms with Gasteiger partial charge in [0.05, 0.1) is 13.2 Å². The van der Waals surface area contributed by atoms with Gasteiger partial charge in [-0.1, -0.05) is 18.7 Å². The summed E-state index contributed by atoms with van der Waals surface area (Å²) in [6, 6.07) is 13.4. The van der Waals surface area contributed by atoms with Gasteiger partial charge in [-0.25, -0.2) is 0 Å². The molecule has 5 rings (SSSR count). The van der Waals surface area contributed by atoms with Crippen LogP contribution in [0.5, 0.6) is 0 Å². The number of aryl methyl sites for hydroxylation is 2. The number of hydrogen-bond acceptors (Lipinski definition) is 6. The first-order valence-electron chi connectivity index (χ1n) is 15.9. The Hall–Kier alpha value is -4.70. The van der Waals surface area contributed by atoms with Crippen LogP contribution in [0.15, 0.2) is 59.9 Å². The summed E-state index contributed by atoms with van der Waals surface area (Å²) in [7, 11) is 0. The van der Waals surface area contributed by atoms with Crippen molar-refractivity contribution in [3.05, 3.63) is 99.0 Å². The molecule has 0 bridgehead atoms. The van der Waals surface area contributed by atoms with E-state index in [2.05, 4.69) is 34.8 Å². The highest BCUT2D eigenvalue weighted by Crippen LogP contribution is 2.34. The van der Waals surface area contributed by atoms with Gasteiger partial charge in [-0.3, -0.25) is 19.2 Å². The lowest BCUT2D eigenvalue weighted by Gasteiger charge is -2.32. The van der Waals surface area contributed by atoms with Gasteiger partial charge in [0.15, 0.2) is 0 Å². The molecule has 2 aliphatic rings.